The molecular formula is C15H11Cl2N3O4. The number of halogens is 2. The molecule has 124 valence electrons. The number of nitrogens with zero attached hydrogens (tertiary/aromatic N) is 2. The molecule has 0 aliphatic rings. The van der Waals surface area contributed by atoms with E-state index in [1.165, 1.54) is 30.5 Å². The monoisotopic (exact) mass is 367 g/mol. The summed E-state index contributed by atoms with van der Waals surface area (Å²) >= 11 is 11.7. The molecule has 7 nitrogen and oxygen atoms in total. The minimum atomic E-state index is -0.514. The number of carbonyl (C=O) groups is 1. The first-order chi connectivity index (χ1) is 11.5. The molecule has 0 aromatic heterocycles. The highest BCUT2D eigenvalue weighted by Crippen LogP contribution is 2.27. The van der Waals surface area contributed by atoms with E-state index in [9.17, 15) is 14.9 Å². The Kier molecular flexibility index (Phi) is 6.11. The maximum atomic E-state index is 11.6. The molecule has 24 heavy (non-hydrogen) atoms. The quantitative estimate of drug-likeness (QED) is 0.480. The Morgan fingerprint density at radius 1 is 1.29 bits per heavy atom. The molecular weight excluding hydrogens is 357 g/mol. The lowest BCUT2D eigenvalue weighted by Gasteiger charge is -2.06. The molecule has 0 atom stereocenters. The third-order valence-corrected chi connectivity index (χ3v) is 3.27. The van der Waals surface area contributed by atoms with Crippen molar-refractivity contribution in [3.8, 4) is 5.75 Å². The molecule has 1 amide bonds. The first-order valence-electron chi connectivity index (χ1n) is 6.60. The van der Waals surface area contributed by atoms with E-state index in [4.69, 9.17) is 27.9 Å². The van der Waals surface area contributed by atoms with Crippen LogP contribution in [0.4, 0.5) is 5.69 Å². The molecule has 1 N–H and O–H groups in total. The van der Waals surface area contributed by atoms with Crippen LogP contribution in [0.3, 0.4) is 0 Å². The zero-order chi connectivity index (χ0) is 17.5. The van der Waals surface area contributed by atoms with Crippen molar-refractivity contribution in [3.05, 3.63) is 68.2 Å². The van der Waals surface area contributed by atoms with Crippen LogP contribution in [0.5, 0.6) is 5.75 Å². The molecule has 2 aromatic carbocycles. The van der Waals surface area contributed by atoms with E-state index < -0.39 is 10.8 Å². The number of hydrogen-bond acceptors (Lipinski definition) is 5. The van der Waals surface area contributed by atoms with Gasteiger partial charge < -0.3 is 4.74 Å². The summed E-state index contributed by atoms with van der Waals surface area (Å²) in [5.74, 6) is -0.193. The van der Waals surface area contributed by atoms with Crippen molar-refractivity contribution in [2.45, 2.75) is 0 Å². The van der Waals surface area contributed by atoms with Crippen molar-refractivity contribution in [1.29, 1.82) is 0 Å². The Balaban J connectivity index is 1.86. The van der Waals surface area contributed by atoms with E-state index >= 15 is 0 Å². The molecule has 0 fully saturated rings. The van der Waals surface area contributed by atoms with Gasteiger partial charge in [0.25, 0.3) is 11.6 Å². The number of hydrazone groups is 1. The number of nitrogens with one attached hydrogen (secondary N) is 1. The normalized spacial score (nSPS) is 10.6. The van der Waals surface area contributed by atoms with E-state index in [-0.39, 0.29) is 17.3 Å². The van der Waals surface area contributed by atoms with Gasteiger partial charge in [0.2, 0.25) is 0 Å². The summed E-state index contributed by atoms with van der Waals surface area (Å²) in [5, 5.41) is 15.1. The molecule has 0 aliphatic carbocycles. The Morgan fingerprint density at radius 2 is 2.08 bits per heavy atom. The van der Waals surface area contributed by atoms with Crippen LogP contribution < -0.4 is 10.2 Å². The predicted octanol–water partition coefficient (Wildman–Crippen LogP) is 3.43. The highest BCUT2D eigenvalue weighted by Gasteiger charge is 2.06. The van der Waals surface area contributed by atoms with Gasteiger partial charge in [0, 0.05) is 22.7 Å². The number of rotatable bonds is 6. The number of nitro benzene ring substituents is 1. The molecule has 2 aromatic rings. The number of benzene rings is 2. The molecule has 0 heterocycles. The van der Waals surface area contributed by atoms with Gasteiger partial charge in [-0.1, -0.05) is 35.3 Å². The third-order valence-electron chi connectivity index (χ3n) is 2.74. The second-order valence-electron chi connectivity index (χ2n) is 4.51. The number of carbonyl (C=O) groups excluding carboxylic acids is 1. The van der Waals surface area contributed by atoms with Gasteiger partial charge in [-0.15, -0.1) is 0 Å². The Labute approximate surface area is 147 Å². The molecule has 0 saturated carbocycles. The summed E-state index contributed by atoms with van der Waals surface area (Å²) in [7, 11) is 0. The highest BCUT2D eigenvalue weighted by molar-refractivity contribution is 6.35. The summed E-state index contributed by atoms with van der Waals surface area (Å²) < 4.78 is 5.24. The van der Waals surface area contributed by atoms with Crippen molar-refractivity contribution in [3.63, 3.8) is 0 Å². The first kappa shape index (κ1) is 17.7. The van der Waals surface area contributed by atoms with Crippen molar-refractivity contribution in [1.82, 2.24) is 5.43 Å². The largest absolute Gasteiger partial charge is 0.482 e. The zero-order valence-corrected chi connectivity index (χ0v) is 13.6. The highest BCUT2D eigenvalue weighted by atomic mass is 35.5. The second kappa shape index (κ2) is 8.28. The van der Waals surface area contributed by atoms with Gasteiger partial charge in [-0.3, -0.25) is 14.9 Å². The van der Waals surface area contributed by atoms with Gasteiger partial charge in [0.15, 0.2) is 6.61 Å². The van der Waals surface area contributed by atoms with Gasteiger partial charge in [-0.05, 0) is 18.2 Å². The predicted molar refractivity (Wildman–Crippen MR) is 90.8 cm³/mol. The van der Waals surface area contributed by atoms with Crippen LogP contribution in [0.25, 0.3) is 0 Å². The van der Waals surface area contributed by atoms with Gasteiger partial charge in [0.1, 0.15) is 5.75 Å². The maximum Gasteiger partial charge on any atom is 0.277 e. The maximum absolute atomic E-state index is 11.6. The molecule has 0 spiro atoms. The van der Waals surface area contributed by atoms with E-state index in [2.05, 4.69) is 10.5 Å². The van der Waals surface area contributed by atoms with Crippen molar-refractivity contribution < 1.29 is 14.5 Å². The molecule has 0 bridgehead atoms. The van der Waals surface area contributed by atoms with Crippen molar-refractivity contribution >= 4 is 41.0 Å². The SMILES string of the molecule is O=C(COc1ccc(Cl)cc1Cl)NN=Cc1cccc([N+](=O)[O-])c1. The van der Waals surface area contributed by atoms with Crippen LogP contribution in [0.15, 0.2) is 47.6 Å². The average Bonchev–Trinajstić information content (AvgIpc) is 2.54. The van der Waals surface area contributed by atoms with E-state index in [0.717, 1.165) is 0 Å². The molecule has 2 rings (SSSR count). The fourth-order valence-corrected chi connectivity index (χ4v) is 2.13. The molecule has 0 aliphatic heterocycles. The van der Waals surface area contributed by atoms with Gasteiger partial charge in [0.05, 0.1) is 16.2 Å². The topological polar surface area (TPSA) is 93.8 Å². The summed E-state index contributed by atoms with van der Waals surface area (Å²) in [6, 6.07) is 10.5. The van der Waals surface area contributed by atoms with Crippen molar-refractivity contribution in [2.75, 3.05) is 6.61 Å². The molecule has 9 heteroatoms. The summed E-state index contributed by atoms with van der Waals surface area (Å²) in [6.07, 6.45) is 1.29. The number of hydrogen-bond donors (Lipinski definition) is 1. The van der Waals surface area contributed by atoms with Crippen molar-refractivity contribution in [2.24, 2.45) is 5.10 Å². The van der Waals surface area contributed by atoms with Gasteiger partial charge in [-0.2, -0.15) is 5.10 Å². The Bertz CT molecular complexity index is 796. The Morgan fingerprint density at radius 3 is 2.79 bits per heavy atom. The van der Waals surface area contributed by atoms with Crippen LogP contribution in [-0.2, 0) is 4.79 Å². The number of amides is 1. The average molecular weight is 368 g/mol. The lowest BCUT2D eigenvalue weighted by Crippen LogP contribution is -2.24. The summed E-state index contributed by atoms with van der Waals surface area (Å²) in [5.41, 5.74) is 2.66. The zero-order valence-electron chi connectivity index (χ0n) is 12.1. The molecule has 0 unspecified atom stereocenters. The van der Waals surface area contributed by atoms with E-state index in [1.54, 1.807) is 18.2 Å². The van der Waals surface area contributed by atoms with Crippen LogP contribution in [-0.4, -0.2) is 23.7 Å². The number of ether oxygens (including phenoxy) is 1. The smallest absolute Gasteiger partial charge is 0.277 e. The van der Waals surface area contributed by atoms with Crippen LogP contribution in [0, 0.1) is 10.1 Å². The fourth-order valence-electron chi connectivity index (χ4n) is 1.67. The lowest BCUT2D eigenvalue weighted by molar-refractivity contribution is -0.384. The van der Waals surface area contributed by atoms with Crippen LogP contribution >= 0.6 is 23.2 Å². The standard InChI is InChI=1S/C15H11Cl2N3O4/c16-11-4-5-14(13(17)7-11)24-9-15(21)19-18-8-10-2-1-3-12(6-10)20(22)23/h1-8H,9H2,(H,19,21). The Hall–Kier alpha value is -2.64. The minimum Gasteiger partial charge on any atom is -0.482 e. The summed E-state index contributed by atoms with van der Waals surface area (Å²) in [4.78, 5) is 21.8. The first-order valence-corrected chi connectivity index (χ1v) is 7.35. The number of non-ortho nitro benzene ring substituents is 1. The minimum absolute atomic E-state index is 0.0639. The summed E-state index contributed by atoms with van der Waals surface area (Å²) in [6.45, 7) is -0.298. The number of nitro groups is 1. The van der Waals surface area contributed by atoms with E-state index in [0.29, 0.717) is 16.3 Å². The van der Waals surface area contributed by atoms with Gasteiger partial charge in [-0.25, -0.2) is 5.43 Å². The van der Waals surface area contributed by atoms with Crippen LogP contribution in [0.2, 0.25) is 10.0 Å². The second-order valence-corrected chi connectivity index (χ2v) is 5.35. The lowest BCUT2D eigenvalue weighted by atomic mass is 10.2. The molecule has 0 saturated heterocycles. The molecule has 0 radical (unpaired) electrons. The third kappa shape index (κ3) is 5.22. The van der Waals surface area contributed by atoms with Crippen LogP contribution in [0.1, 0.15) is 5.56 Å². The van der Waals surface area contributed by atoms with Gasteiger partial charge >= 0.3 is 0 Å². The van der Waals surface area contributed by atoms with E-state index in [1.807, 2.05) is 0 Å². The fraction of sp³-hybridized carbons (Fsp3) is 0.0667.